The van der Waals surface area contributed by atoms with Gasteiger partial charge >= 0.3 is 5.97 Å². The molecule has 0 aliphatic carbocycles. The number of hydrogen-bond donors (Lipinski definition) is 2. The molecule has 0 atom stereocenters. The van der Waals surface area contributed by atoms with Crippen molar-refractivity contribution in [3.63, 3.8) is 0 Å². The Morgan fingerprint density at radius 3 is 2.50 bits per heavy atom. The van der Waals surface area contributed by atoms with Gasteiger partial charge in [0.1, 0.15) is 0 Å². The average molecular weight is 350 g/mol. The van der Waals surface area contributed by atoms with Gasteiger partial charge in [-0.2, -0.15) is 0 Å². The van der Waals surface area contributed by atoms with E-state index in [1.54, 1.807) is 18.3 Å². The van der Waals surface area contributed by atoms with Gasteiger partial charge in [0, 0.05) is 30.0 Å². The summed E-state index contributed by atoms with van der Waals surface area (Å²) in [5, 5.41) is 18.8. The van der Waals surface area contributed by atoms with Crippen molar-refractivity contribution >= 4 is 16.9 Å². The lowest BCUT2D eigenvalue weighted by Crippen LogP contribution is -2.00. The zero-order valence-corrected chi connectivity index (χ0v) is 14.6. The molecule has 1 aromatic carbocycles. The average Bonchev–Trinajstić information content (AvgIpc) is 2.67. The predicted molar refractivity (Wildman–Crippen MR) is 101 cm³/mol. The Hall–Kier alpha value is -2.79. The summed E-state index contributed by atoms with van der Waals surface area (Å²) < 4.78 is 0. The van der Waals surface area contributed by atoms with Crippen LogP contribution in [-0.4, -0.2) is 32.8 Å². The third-order valence-corrected chi connectivity index (χ3v) is 4.46. The van der Waals surface area contributed by atoms with E-state index in [2.05, 4.69) is 22.1 Å². The summed E-state index contributed by atoms with van der Waals surface area (Å²) in [6.45, 7) is 0.266. The molecule has 5 heteroatoms. The Morgan fingerprint density at radius 1 is 1.00 bits per heavy atom. The number of carboxylic acids is 1. The van der Waals surface area contributed by atoms with Crippen LogP contribution in [0.25, 0.3) is 22.2 Å². The quantitative estimate of drug-likeness (QED) is 0.598. The van der Waals surface area contributed by atoms with Gasteiger partial charge in [0.15, 0.2) is 0 Å². The Balaban J connectivity index is 1.80. The summed E-state index contributed by atoms with van der Waals surface area (Å²) in [5.74, 6) is -0.980. The van der Waals surface area contributed by atoms with Crippen LogP contribution in [0.2, 0.25) is 0 Å². The fourth-order valence-corrected chi connectivity index (χ4v) is 3.03. The fourth-order valence-electron chi connectivity index (χ4n) is 3.03. The van der Waals surface area contributed by atoms with Crippen molar-refractivity contribution in [2.24, 2.45) is 0 Å². The monoisotopic (exact) mass is 350 g/mol. The van der Waals surface area contributed by atoms with E-state index in [4.69, 9.17) is 5.11 Å². The van der Waals surface area contributed by atoms with Gasteiger partial charge < -0.3 is 10.2 Å². The first-order valence-corrected chi connectivity index (χ1v) is 8.87. The van der Waals surface area contributed by atoms with Gasteiger partial charge in [0.05, 0.1) is 16.8 Å². The van der Waals surface area contributed by atoms with Crippen molar-refractivity contribution in [2.45, 2.75) is 32.1 Å². The molecule has 5 nitrogen and oxygen atoms in total. The van der Waals surface area contributed by atoms with Crippen molar-refractivity contribution in [1.29, 1.82) is 0 Å². The normalized spacial score (nSPS) is 11.0. The molecule has 134 valence electrons. The molecule has 0 amide bonds. The minimum absolute atomic E-state index is 0.214. The summed E-state index contributed by atoms with van der Waals surface area (Å²) in [6, 6.07) is 11.5. The molecular formula is C21H22N2O3. The smallest absolute Gasteiger partial charge is 0.336 e. The molecule has 0 aliphatic rings. The fraction of sp³-hybridized carbons (Fsp3) is 0.286. The molecule has 0 radical (unpaired) electrons. The molecule has 3 rings (SSSR count). The summed E-state index contributed by atoms with van der Waals surface area (Å²) >= 11 is 0. The highest BCUT2D eigenvalue weighted by Crippen LogP contribution is 2.25. The first-order valence-electron chi connectivity index (χ1n) is 8.87. The zero-order chi connectivity index (χ0) is 18.4. The number of aryl methyl sites for hydroxylation is 1. The van der Waals surface area contributed by atoms with Crippen LogP contribution in [0.1, 0.15) is 41.6 Å². The highest BCUT2D eigenvalue weighted by Gasteiger charge is 2.13. The van der Waals surface area contributed by atoms with Crippen LogP contribution in [0.15, 0.2) is 48.8 Å². The van der Waals surface area contributed by atoms with Gasteiger partial charge in [-0.3, -0.25) is 4.98 Å². The number of aromatic carboxylic acids is 1. The standard InChI is InChI=1S/C21H22N2O3/c24-12-4-2-1-3-5-15-6-8-16(9-7-15)20-13-17(21(25)26)18-14-22-11-10-19(18)23-20/h6-11,13-14,24H,1-5,12H2,(H,25,26). The lowest BCUT2D eigenvalue weighted by atomic mass is 10.0. The zero-order valence-electron chi connectivity index (χ0n) is 14.6. The maximum atomic E-state index is 11.6. The molecule has 0 saturated heterocycles. The van der Waals surface area contributed by atoms with Crippen molar-refractivity contribution in [3.8, 4) is 11.3 Å². The molecule has 0 unspecified atom stereocenters. The number of rotatable bonds is 8. The highest BCUT2D eigenvalue weighted by atomic mass is 16.4. The topological polar surface area (TPSA) is 83.3 Å². The van der Waals surface area contributed by atoms with E-state index in [9.17, 15) is 9.90 Å². The lowest BCUT2D eigenvalue weighted by Gasteiger charge is -2.08. The van der Waals surface area contributed by atoms with E-state index in [0.29, 0.717) is 16.6 Å². The molecule has 2 heterocycles. The minimum atomic E-state index is -0.980. The number of nitrogens with zero attached hydrogens (tertiary/aromatic N) is 2. The number of benzene rings is 1. The molecular weight excluding hydrogens is 328 g/mol. The summed E-state index contributed by atoms with van der Waals surface area (Å²) in [5.41, 5.74) is 3.64. The third-order valence-electron chi connectivity index (χ3n) is 4.46. The van der Waals surface area contributed by atoms with Crippen LogP contribution in [0.4, 0.5) is 0 Å². The van der Waals surface area contributed by atoms with Gasteiger partial charge in [0.2, 0.25) is 0 Å². The van der Waals surface area contributed by atoms with Crippen LogP contribution in [-0.2, 0) is 6.42 Å². The maximum Gasteiger partial charge on any atom is 0.336 e. The Morgan fingerprint density at radius 2 is 1.77 bits per heavy atom. The van der Waals surface area contributed by atoms with Gasteiger partial charge in [-0.05, 0) is 37.0 Å². The molecule has 3 aromatic rings. The van der Waals surface area contributed by atoms with Crippen molar-refractivity contribution in [3.05, 3.63) is 59.9 Å². The number of hydrogen-bond acceptors (Lipinski definition) is 4. The maximum absolute atomic E-state index is 11.6. The molecule has 26 heavy (non-hydrogen) atoms. The second-order valence-corrected chi connectivity index (χ2v) is 6.34. The number of aliphatic hydroxyl groups is 1. The molecule has 0 aliphatic heterocycles. The van der Waals surface area contributed by atoms with Crippen molar-refractivity contribution < 1.29 is 15.0 Å². The molecule has 2 aromatic heterocycles. The SMILES string of the molecule is O=C(O)c1cc(-c2ccc(CCCCCCO)cc2)nc2ccncc12. The summed E-state index contributed by atoms with van der Waals surface area (Å²) in [7, 11) is 0. The number of pyridine rings is 2. The number of carbonyl (C=O) groups is 1. The predicted octanol–water partition coefficient (Wildman–Crippen LogP) is 4.09. The highest BCUT2D eigenvalue weighted by molar-refractivity contribution is 6.03. The number of carboxylic acid groups (broad SMARTS) is 1. The number of fused-ring (bicyclic) bond motifs is 1. The minimum Gasteiger partial charge on any atom is -0.478 e. The Kier molecular flexibility index (Phi) is 5.92. The third kappa shape index (κ3) is 4.24. The van der Waals surface area contributed by atoms with E-state index >= 15 is 0 Å². The van der Waals surface area contributed by atoms with Gasteiger partial charge in [0.25, 0.3) is 0 Å². The van der Waals surface area contributed by atoms with E-state index in [0.717, 1.165) is 37.7 Å². The van der Waals surface area contributed by atoms with Crippen LogP contribution in [0.5, 0.6) is 0 Å². The second-order valence-electron chi connectivity index (χ2n) is 6.34. The largest absolute Gasteiger partial charge is 0.478 e. The second kappa shape index (κ2) is 8.54. The molecule has 0 spiro atoms. The van der Waals surface area contributed by atoms with Gasteiger partial charge in [-0.25, -0.2) is 9.78 Å². The molecule has 0 saturated carbocycles. The van der Waals surface area contributed by atoms with Crippen LogP contribution in [0, 0.1) is 0 Å². The Bertz CT molecular complexity index is 891. The number of aromatic nitrogens is 2. The van der Waals surface area contributed by atoms with Crippen molar-refractivity contribution in [1.82, 2.24) is 9.97 Å². The first-order chi connectivity index (χ1) is 12.7. The van der Waals surface area contributed by atoms with Crippen LogP contribution in [0.3, 0.4) is 0 Å². The van der Waals surface area contributed by atoms with Crippen LogP contribution < -0.4 is 0 Å². The van der Waals surface area contributed by atoms with E-state index in [1.165, 1.54) is 11.8 Å². The number of unbranched alkanes of at least 4 members (excludes halogenated alkanes) is 3. The molecule has 2 N–H and O–H groups in total. The van der Waals surface area contributed by atoms with E-state index in [-0.39, 0.29) is 12.2 Å². The van der Waals surface area contributed by atoms with Crippen LogP contribution >= 0.6 is 0 Å². The van der Waals surface area contributed by atoms with E-state index in [1.807, 2.05) is 12.1 Å². The Labute approximate surface area is 152 Å². The summed E-state index contributed by atoms with van der Waals surface area (Å²) in [4.78, 5) is 20.2. The van der Waals surface area contributed by atoms with Gasteiger partial charge in [-0.15, -0.1) is 0 Å². The van der Waals surface area contributed by atoms with E-state index < -0.39 is 5.97 Å². The number of aliphatic hydroxyl groups excluding tert-OH is 1. The van der Waals surface area contributed by atoms with Gasteiger partial charge in [-0.1, -0.05) is 37.1 Å². The van der Waals surface area contributed by atoms with Crippen molar-refractivity contribution in [2.75, 3.05) is 6.61 Å². The first kappa shape index (κ1) is 18.0. The summed E-state index contributed by atoms with van der Waals surface area (Å²) in [6.07, 6.45) is 8.30. The molecule has 0 fully saturated rings. The molecule has 0 bridgehead atoms. The lowest BCUT2D eigenvalue weighted by molar-refractivity contribution is 0.0699.